The van der Waals surface area contributed by atoms with Crippen molar-refractivity contribution in [3.63, 3.8) is 0 Å². The molecule has 1 saturated heterocycles. The van der Waals surface area contributed by atoms with Gasteiger partial charge in [-0.2, -0.15) is 0 Å². The molecule has 0 bridgehead atoms. The van der Waals surface area contributed by atoms with Crippen LogP contribution in [0.4, 0.5) is 0 Å². The first-order valence-electron chi connectivity index (χ1n) is 5.37. The van der Waals surface area contributed by atoms with E-state index in [-0.39, 0.29) is 0 Å². The zero-order valence-corrected chi connectivity index (χ0v) is 10.6. The standard InChI is InChI=1S/C12H11BIN/c14-10-4-1-3-9(7-10)11-8-15-12-5-2-6-13(11)12/h1,3-4,7-8H,2,5-6H2. The number of benzene rings is 1. The fraction of sp³-hybridized carbons (Fsp3) is 0.250. The highest BCUT2D eigenvalue weighted by molar-refractivity contribution is 14.1. The zero-order chi connectivity index (χ0) is 10.3. The molecule has 15 heavy (non-hydrogen) atoms. The Labute approximate surface area is 104 Å². The van der Waals surface area contributed by atoms with Crippen molar-refractivity contribution in [1.82, 2.24) is 0 Å². The van der Waals surface area contributed by atoms with Crippen molar-refractivity contribution < 1.29 is 0 Å². The molecule has 1 aromatic rings. The molecule has 1 fully saturated rings. The molecular weight excluding hydrogens is 296 g/mol. The van der Waals surface area contributed by atoms with Crippen molar-refractivity contribution in [1.29, 1.82) is 0 Å². The highest BCUT2D eigenvalue weighted by atomic mass is 127. The van der Waals surface area contributed by atoms with Crippen LogP contribution in [0.3, 0.4) is 0 Å². The Bertz CT molecular complexity index is 464. The molecule has 3 heteroatoms. The third kappa shape index (κ3) is 1.67. The lowest BCUT2D eigenvalue weighted by Gasteiger charge is -2.07. The van der Waals surface area contributed by atoms with Gasteiger partial charge in [-0.25, -0.2) is 0 Å². The second-order valence-electron chi connectivity index (χ2n) is 4.16. The summed E-state index contributed by atoms with van der Waals surface area (Å²) < 4.78 is 1.30. The fourth-order valence-electron chi connectivity index (χ4n) is 2.50. The first kappa shape index (κ1) is 9.64. The molecule has 0 aromatic heterocycles. The van der Waals surface area contributed by atoms with Crippen LogP contribution in [0.25, 0.3) is 5.47 Å². The van der Waals surface area contributed by atoms with E-state index in [2.05, 4.69) is 58.0 Å². The van der Waals surface area contributed by atoms with Gasteiger partial charge in [0.25, 0.3) is 0 Å². The molecule has 2 aliphatic heterocycles. The van der Waals surface area contributed by atoms with E-state index in [4.69, 9.17) is 0 Å². The quantitative estimate of drug-likeness (QED) is 0.556. The summed E-state index contributed by atoms with van der Waals surface area (Å²) in [5.41, 5.74) is 4.19. The monoisotopic (exact) mass is 307 g/mol. The Morgan fingerprint density at radius 2 is 2.27 bits per heavy atom. The minimum Gasteiger partial charge on any atom is -0.276 e. The van der Waals surface area contributed by atoms with Gasteiger partial charge in [0.2, 0.25) is 6.71 Å². The minimum absolute atomic E-state index is 0.628. The van der Waals surface area contributed by atoms with Gasteiger partial charge in [-0.05, 0) is 57.8 Å². The highest BCUT2D eigenvalue weighted by Crippen LogP contribution is 2.32. The number of hydrogen-bond acceptors (Lipinski definition) is 1. The predicted octanol–water partition coefficient (Wildman–Crippen LogP) is 3.45. The molecule has 0 saturated carbocycles. The van der Waals surface area contributed by atoms with E-state index in [1.54, 1.807) is 0 Å². The van der Waals surface area contributed by atoms with Gasteiger partial charge in [-0.1, -0.05) is 24.9 Å². The van der Waals surface area contributed by atoms with Crippen LogP contribution in [-0.4, -0.2) is 12.3 Å². The van der Waals surface area contributed by atoms with Gasteiger partial charge in [-0.3, -0.25) is 4.99 Å². The molecule has 0 spiro atoms. The summed E-state index contributed by atoms with van der Waals surface area (Å²) in [5.74, 6) is 0. The van der Waals surface area contributed by atoms with Crippen molar-refractivity contribution in [3.8, 4) is 0 Å². The van der Waals surface area contributed by atoms with Crippen molar-refractivity contribution in [2.45, 2.75) is 19.2 Å². The molecule has 0 atom stereocenters. The predicted molar refractivity (Wildman–Crippen MR) is 74.4 cm³/mol. The minimum atomic E-state index is 0.628. The number of fused-ring (bicyclic) bond motifs is 1. The summed E-state index contributed by atoms with van der Waals surface area (Å²) >= 11 is 2.37. The van der Waals surface area contributed by atoms with Gasteiger partial charge in [-0.15, -0.1) is 0 Å². The highest BCUT2D eigenvalue weighted by Gasteiger charge is 2.33. The van der Waals surface area contributed by atoms with Gasteiger partial charge in [0.05, 0.1) is 0 Å². The molecule has 0 N–H and O–H groups in total. The molecule has 2 aliphatic rings. The van der Waals surface area contributed by atoms with E-state index in [1.807, 2.05) is 0 Å². The Balaban J connectivity index is 1.97. The van der Waals surface area contributed by atoms with E-state index in [1.165, 1.54) is 39.4 Å². The zero-order valence-electron chi connectivity index (χ0n) is 8.41. The molecule has 3 rings (SSSR count). The lowest BCUT2D eigenvalue weighted by atomic mass is 9.42. The summed E-state index contributed by atoms with van der Waals surface area (Å²) in [7, 11) is 0. The topological polar surface area (TPSA) is 12.4 Å². The number of hydrogen-bond donors (Lipinski definition) is 0. The smallest absolute Gasteiger partial charge is 0.230 e. The van der Waals surface area contributed by atoms with Crippen LogP contribution < -0.4 is 0 Å². The number of halogens is 1. The molecule has 0 unspecified atom stereocenters. The van der Waals surface area contributed by atoms with Gasteiger partial charge in [0.15, 0.2) is 0 Å². The van der Waals surface area contributed by atoms with Crippen LogP contribution in [0.15, 0.2) is 35.5 Å². The number of nitrogens with zero attached hydrogens (tertiary/aromatic N) is 1. The van der Waals surface area contributed by atoms with Gasteiger partial charge >= 0.3 is 0 Å². The average molecular weight is 307 g/mol. The van der Waals surface area contributed by atoms with Crippen LogP contribution in [0.1, 0.15) is 18.4 Å². The van der Waals surface area contributed by atoms with Crippen molar-refractivity contribution in [2.75, 3.05) is 0 Å². The molecule has 0 amide bonds. The summed E-state index contributed by atoms with van der Waals surface area (Å²) in [4.78, 5) is 4.54. The van der Waals surface area contributed by atoms with E-state index in [0.717, 1.165) is 0 Å². The van der Waals surface area contributed by atoms with Crippen LogP contribution >= 0.6 is 22.6 Å². The largest absolute Gasteiger partial charge is 0.276 e. The van der Waals surface area contributed by atoms with E-state index < -0.39 is 0 Å². The third-order valence-corrected chi connectivity index (χ3v) is 3.90. The maximum absolute atomic E-state index is 4.54. The maximum atomic E-state index is 4.54. The van der Waals surface area contributed by atoms with Crippen molar-refractivity contribution >= 4 is 40.4 Å². The van der Waals surface area contributed by atoms with Crippen LogP contribution in [0, 0.1) is 3.57 Å². The van der Waals surface area contributed by atoms with Crippen LogP contribution in [-0.2, 0) is 0 Å². The SMILES string of the molecule is Ic1cccc(C2=CN=C3CCCB23)c1. The number of aliphatic imine (C=N–C) groups is 1. The Hall–Kier alpha value is -0.575. The van der Waals surface area contributed by atoms with Crippen LogP contribution in [0.5, 0.6) is 0 Å². The first-order valence-corrected chi connectivity index (χ1v) is 6.45. The van der Waals surface area contributed by atoms with Crippen molar-refractivity contribution in [3.05, 3.63) is 39.6 Å². The average Bonchev–Trinajstić information content (AvgIpc) is 2.77. The molecular formula is C12H11BIN. The lowest BCUT2D eigenvalue weighted by molar-refractivity contribution is 1.02. The first-order chi connectivity index (χ1) is 7.34. The summed E-state index contributed by atoms with van der Waals surface area (Å²) in [6.07, 6.45) is 5.88. The van der Waals surface area contributed by atoms with Gasteiger partial charge < -0.3 is 0 Å². The van der Waals surface area contributed by atoms with Gasteiger partial charge in [0, 0.05) is 9.77 Å². The molecule has 1 aromatic carbocycles. The summed E-state index contributed by atoms with van der Waals surface area (Å²) in [6, 6.07) is 8.72. The second-order valence-corrected chi connectivity index (χ2v) is 5.41. The summed E-state index contributed by atoms with van der Waals surface area (Å²) in [5, 5.41) is 0. The molecule has 0 aliphatic carbocycles. The molecule has 1 nitrogen and oxygen atoms in total. The van der Waals surface area contributed by atoms with Gasteiger partial charge in [0.1, 0.15) is 0 Å². The Kier molecular flexibility index (Phi) is 2.43. The van der Waals surface area contributed by atoms with Crippen molar-refractivity contribution in [2.24, 2.45) is 4.99 Å². The third-order valence-electron chi connectivity index (χ3n) is 3.23. The maximum Gasteiger partial charge on any atom is 0.230 e. The fourth-order valence-corrected chi connectivity index (χ4v) is 3.05. The second kappa shape index (κ2) is 3.78. The molecule has 0 radical (unpaired) electrons. The van der Waals surface area contributed by atoms with E-state index in [9.17, 15) is 0 Å². The molecule has 2 heterocycles. The Morgan fingerprint density at radius 3 is 3.13 bits per heavy atom. The summed E-state index contributed by atoms with van der Waals surface area (Å²) in [6.45, 7) is 0.628. The molecule has 74 valence electrons. The number of rotatable bonds is 1. The van der Waals surface area contributed by atoms with Crippen LogP contribution in [0.2, 0.25) is 6.32 Å². The lowest BCUT2D eigenvalue weighted by Crippen LogP contribution is -2.17. The van der Waals surface area contributed by atoms with E-state index in [0.29, 0.717) is 6.71 Å². The normalized spacial score (nSPS) is 18.9. The Morgan fingerprint density at radius 1 is 1.33 bits per heavy atom. The van der Waals surface area contributed by atoms with E-state index >= 15 is 0 Å².